The van der Waals surface area contributed by atoms with E-state index in [0.29, 0.717) is 6.10 Å². The van der Waals surface area contributed by atoms with E-state index in [0.717, 1.165) is 0 Å². The van der Waals surface area contributed by atoms with Gasteiger partial charge in [-0.25, -0.2) is 0 Å². The zero-order valence-electron chi connectivity index (χ0n) is 3.77. The quantitative estimate of drug-likeness (QED) is 0.512. The van der Waals surface area contributed by atoms with Gasteiger partial charge in [0.15, 0.2) is 0 Å². The van der Waals surface area contributed by atoms with Gasteiger partial charge in [-0.05, 0) is 0 Å². The third-order valence-corrected chi connectivity index (χ3v) is 0.735. The van der Waals surface area contributed by atoms with Crippen molar-refractivity contribution in [2.24, 2.45) is 0 Å². The maximum Gasteiger partial charge on any atom is -0.147 e. The largest absolute Gasteiger partial charge is 0.147 e. The van der Waals surface area contributed by atoms with Crippen LogP contribution in [0, 0.1) is 0 Å². The molecule has 0 saturated heterocycles. The van der Waals surface area contributed by atoms with E-state index in [9.17, 15) is 0 Å². The summed E-state index contributed by atoms with van der Waals surface area (Å²) < 4.78 is 4.56. The minimum atomic E-state index is 0. The van der Waals surface area contributed by atoms with Crippen molar-refractivity contribution < 1.29 is 20.2 Å². The first-order valence-electron chi connectivity index (χ1n) is 1.54. The Hall–Kier alpha value is 0.769. The molecule has 0 heterocycles. The first-order valence-corrected chi connectivity index (χ1v) is 2.03. The molecule has 0 atom stereocenters. The average Bonchev–Trinajstić information content (AvgIpc) is 1.38. The second-order valence-corrected chi connectivity index (χ2v) is 1.42. The van der Waals surface area contributed by atoms with E-state index in [-0.39, 0.29) is 12.4 Å². The van der Waals surface area contributed by atoms with Crippen molar-refractivity contribution in [1.29, 1.82) is 0 Å². The Bertz CT molecular complexity index is 24.8. The molecule has 0 aliphatic rings. The van der Waals surface area contributed by atoms with E-state index >= 15 is 0 Å². The molecule has 0 aliphatic carbocycles. The number of hydrogen-bond donors (Lipinski definition) is 0. The Kier molecular flexibility index (Phi) is 9.53. The van der Waals surface area contributed by atoms with Gasteiger partial charge in [-0.3, -0.25) is 0 Å². The second kappa shape index (κ2) is 5.77. The normalized spacial score (nSPS) is 8.00. The molecule has 40 valence electrons. The predicted molar refractivity (Wildman–Crippen MR) is 23.5 cm³/mol. The molecule has 0 N–H and O–H groups in total. The average molecular weight is 150 g/mol. The fraction of sp³-hybridized carbons (Fsp3) is 1.00. The van der Waals surface area contributed by atoms with Crippen molar-refractivity contribution in [2.45, 2.75) is 20.0 Å². The van der Waals surface area contributed by atoms with Gasteiger partial charge in [0.1, 0.15) is 0 Å². The van der Waals surface area contributed by atoms with Crippen LogP contribution in [-0.2, 0) is 20.2 Å². The van der Waals surface area contributed by atoms with Crippen molar-refractivity contribution in [2.75, 3.05) is 0 Å². The van der Waals surface area contributed by atoms with Crippen LogP contribution in [0.5, 0.6) is 0 Å². The Labute approximate surface area is 53.0 Å². The molecule has 0 bridgehead atoms. The summed E-state index contributed by atoms with van der Waals surface area (Å²) in [7, 11) is 0. The summed E-state index contributed by atoms with van der Waals surface area (Å²) in [6, 6.07) is 0. The molecular weight excluding hydrogens is 142 g/mol. The SMILES string of the molecule is CC(C)[O][Mn].Cl. The van der Waals surface area contributed by atoms with E-state index < -0.39 is 0 Å². The van der Waals surface area contributed by atoms with Crippen LogP contribution >= 0.6 is 12.4 Å². The van der Waals surface area contributed by atoms with Crippen LogP contribution in [0.15, 0.2) is 0 Å². The van der Waals surface area contributed by atoms with E-state index in [1.54, 1.807) is 0 Å². The van der Waals surface area contributed by atoms with Crippen LogP contribution in [0.2, 0.25) is 0 Å². The van der Waals surface area contributed by atoms with Crippen LogP contribution in [0.25, 0.3) is 0 Å². The van der Waals surface area contributed by atoms with Crippen molar-refractivity contribution in [3.63, 3.8) is 0 Å². The van der Waals surface area contributed by atoms with Gasteiger partial charge in [-0.1, -0.05) is 0 Å². The molecule has 0 aromatic heterocycles. The van der Waals surface area contributed by atoms with Gasteiger partial charge in [-0.15, -0.1) is 12.4 Å². The van der Waals surface area contributed by atoms with Gasteiger partial charge < -0.3 is 0 Å². The summed E-state index contributed by atoms with van der Waals surface area (Å²) in [6.45, 7) is 3.91. The second-order valence-electron chi connectivity index (χ2n) is 1.14. The molecule has 0 aliphatic heterocycles. The Morgan fingerprint density at radius 2 is 1.67 bits per heavy atom. The number of rotatable bonds is 1. The summed E-state index contributed by atoms with van der Waals surface area (Å²) in [4.78, 5) is 0. The molecule has 0 rings (SSSR count). The fourth-order valence-corrected chi connectivity index (χ4v) is 0. The van der Waals surface area contributed by atoms with Gasteiger partial charge in [0.05, 0.1) is 0 Å². The van der Waals surface area contributed by atoms with Crippen LogP contribution < -0.4 is 0 Å². The monoisotopic (exact) mass is 150 g/mol. The molecule has 0 aromatic carbocycles. The van der Waals surface area contributed by atoms with Gasteiger partial charge in [-0.2, -0.15) is 0 Å². The van der Waals surface area contributed by atoms with Crippen molar-refractivity contribution in [1.82, 2.24) is 0 Å². The molecule has 3 heteroatoms. The van der Waals surface area contributed by atoms with Crippen LogP contribution in [0.3, 0.4) is 0 Å². The van der Waals surface area contributed by atoms with Crippen LogP contribution in [0.4, 0.5) is 0 Å². The zero-order valence-corrected chi connectivity index (χ0v) is 5.77. The van der Waals surface area contributed by atoms with Crippen LogP contribution in [0.1, 0.15) is 13.8 Å². The van der Waals surface area contributed by atoms with Crippen molar-refractivity contribution in [3.8, 4) is 0 Å². The van der Waals surface area contributed by atoms with E-state index in [1.807, 2.05) is 13.8 Å². The first kappa shape index (κ1) is 9.91. The zero-order chi connectivity index (χ0) is 4.28. The van der Waals surface area contributed by atoms with Crippen molar-refractivity contribution >= 4 is 12.4 Å². The molecule has 1 nitrogen and oxygen atoms in total. The minimum Gasteiger partial charge on any atom is -0.147 e. The van der Waals surface area contributed by atoms with Gasteiger partial charge in [0, 0.05) is 0 Å². The Morgan fingerprint density at radius 3 is 1.67 bits per heavy atom. The van der Waals surface area contributed by atoms with Gasteiger partial charge in [0.25, 0.3) is 0 Å². The molecule has 0 aromatic rings. The molecule has 0 fully saturated rings. The number of hydrogen-bond acceptors (Lipinski definition) is 1. The van der Waals surface area contributed by atoms with Gasteiger partial charge >= 0.3 is 40.1 Å². The number of halogens is 1. The summed E-state index contributed by atoms with van der Waals surface area (Å²) >= 11 is 2.81. The maximum atomic E-state index is 4.56. The molecule has 0 radical (unpaired) electrons. The summed E-state index contributed by atoms with van der Waals surface area (Å²) in [6.07, 6.45) is 0.301. The molecular formula is C3H8ClMnO. The van der Waals surface area contributed by atoms with E-state index in [4.69, 9.17) is 0 Å². The molecule has 0 unspecified atom stereocenters. The molecule has 0 saturated carbocycles. The third-order valence-electron chi connectivity index (χ3n) is 0.178. The maximum absolute atomic E-state index is 4.56. The summed E-state index contributed by atoms with van der Waals surface area (Å²) in [5.74, 6) is 0. The fourth-order valence-electron chi connectivity index (χ4n) is 0. The molecule has 0 amide bonds. The summed E-state index contributed by atoms with van der Waals surface area (Å²) in [5, 5.41) is 0. The Morgan fingerprint density at radius 1 is 1.50 bits per heavy atom. The Balaban J connectivity index is 0. The third kappa shape index (κ3) is 8.84. The topological polar surface area (TPSA) is 9.23 Å². The predicted octanol–water partition coefficient (Wildman–Crippen LogP) is 1.29. The minimum absolute atomic E-state index is 0. The van der Waals surface area contributed by atoms with Crippen LogP contribution in [-0.4, -0.2) is 6.10 Å². The van der Waals surface area contributed by atoms with Gasteiger partial charge in [0.2, 0.25) is 0 Å². The molecule has 0 spiro atoms. The van der Waals surface area contributed by atoms with Crippen molar-refractivity contribution in [3.05, 3.63) is 0 Å². The van der Waals surface area contributed by atoms with E-state index in [1.165, 1.54) is 0 Å². The smallest absolute Gasteiger partial charge is 0.147 e. The first-order chi connectivity index (χ1) is 2.27. The standard InChI is InChI=1S/C3H7O.ClH.Mn/c1-3(2)4;;/h3H,1-2H3;1H;/q-1;;+1. The van der Waals surface area contributed by atoms with E-state index in [2.05, 4.69) is 20.2 Å². The molecule has 6 heavy (non-hydrogen) atoms. The summed E-state index contributed by atoms with van der Waals surface area (Å²) in [5.41, 5.74) is 0.